The molecule has 0 radical (unpaired) electrons. The first kappa shape index (κ1) is 12.1. The van der Waals surface area contributed by atoms with Crippen molar-refractivity contribution < 1.29 is 5.11 Å². The lowest BCUT2D eigenvalue weighted by molar-refractivity contribution is 0.225. The SMILES string of the molecule is Cc1nn(C(C)CO)c(=O)c2cc(Cl)ccc12. The topological polar surface area (TPSA) is 55.1 Å². The highest BCUT2D eigenvalue weighted by Crippen LogP contribution is 2.18. The average Bonchev–Trinajstić information content (AvgIpc) is 2.32. The maximum atomic E-state index is 12.2. The Labute approximate surface area is 103 Å². The number of aliphatic hydroxyl groups is 1. The van der Waals surface area contributed by atoms with Gasteiger partial charge in [0.15, 0.2) is 0 Å². The molecule has 1 unspecified atom stereocenters. The van der Waals surface area contributed by atoms with Crippen LogP contribution in [0.25, 0.3) is 10.8 Å². The van der Waals surface area contributed by atoms with Gasteiger partial charge in [0.05, 0.1) is 23.7 Å². The van der Waals surface area contributed by atoms with Crippen LogP contribution in [0.4, 0.5) is 0 Å². The predicted octanol–water partition coefficient (Wildman–Crippen LogP) is 1.91. The molecule has 0 amide bonds. The fourth-order valence-corrected chi connectivity index (χ4v) is 1.94. The van der Waals surface area contributed by atoms with Crippen LogP contribution in [-0.4, -0.2) is 21.5 Å². The zero-order chi connectivity index (χ0) is 12.6. The molecule has 90 valence electrons. The highest BCUT2D eigenvalue weighted by molar-refractivity contribution is 6.31. The van der Waals surface area contributed by atoms with Crippen LogP contribution in [-0.2, 0) is 0 Å². The van der Waals surface area contributed by atoms with Crippen molar-refractivity contribution in [3.8, 4) is 0 Å². The van der Waals surface area contributed by atoms with E-state index in [1.54, 1.807) is 25.1 Å². The zero-order valence-corrected chi connectivity index (χ0v) is 10.4. The standard InChI is InChI=1S/C12H13ClN2O2/c1-7(6-16)15-12(17)11-5-9(13)3-4-10(11)8(2)14-15/h3-5,7,16H,6H2,1-2H3. The number of halogens is 1. The average molecular weight is 253 g/mol. The van der Waals surface area contributed by atoms with Gasteiger partial charge in [-0.05, 0) is 26.0 Å². The zero-order valence-electron chi connectivity index (χ0n) is 9.64. The third-order valence-corrected chi connectivity index (χ3v) is 2.98. The van der Waals surface area contributed by atoms with Crippen LogP contribution in [0, 0.1) is 6.92 Å². The molecule has 0 spiro atoms. The molecule has 1 heterocycles. The monoisotopic (exact) mass is 252 g/mol. The summed E-state index contributed by atoms with van der Waals surface area (Å²) >= 11 is 5.89. The molecular weight excluding hydrogens is 240 g/mol. The van der Waals surface area contributed by atoms with Gasteiger partial charge >= 0.3 is 0 Å². The predicted molar refractivity (Wildman–Crippen MR) is 67.5 cm³/mol. The maximum Gasteiger partial charge on any atom is 0.275 e. The largest absolute Gasteiger partial charge is 0.394 e. The van der Waals surface area contributed by atoms with E-state index < -0.39 is 0 Å². The van der Waals surface area contributed by atoms with Crippen LogP contribution in [0.2, 0.25) is 5.02 Å². The van der Waals surface area contributed by atoms with Gasteiger partial charge in [0.25, 0.3) is 5.56 Å². The van der Waals surface area contributed by atoms with Crippen molar-refractivity contribution in [3.05, 3.63) is 39.3 Å². The maximum absolute atomic E-state index is 12.2. The fourth-order valence-electron chi connectivity index (χ4n) is 1.77. The molecule has 0 fully saturated rings. The van der Waals surface area contributed by atoms with Gasteiger partial charge in [-0.3, -0.25) is 4.79 Å². The summed E-state index contributed by atoms with van der Waals surface area (Å²) in [6.45, 7) is 3.44. The molecule has 0 aliphatic carbocycles. The van der Waals surface area contributed by atoms with Crippen molar-refractivity contribution in [1.29, 1.82) is 0 Å². The number of benzene rings is 1. The summed E-state index contributed by atoms with van der Waals surface area (Å²) in [7, 11) is 0. The van der Waals surface area contributed by atoms with E-state index in [-0.39, 0.29) is 18.2 Å². The molecule has 0 bridgehead atoms. The van der Waals surface area contributed by atoms with Gasteiger partial charge < -0.3 is 5.11 Å². The number of fused-ring (bicyclic) bond motifs is 1. The van der Waals surface area contributed by atoms with Crippen molar-refractivity contribution in [1.82, 2.24) is 9.78 Å². The second kappa shape index (κ2) is 4.47. The van der Waals surface area contributed by atoms with Crippen molar-refractivity contribution in [3.63, 3.8) is 0 Å². The quantitative estimate of drug-likeness (QED) is 0.888. The number of aromatic nitrogens is 2. The van der Waals surface area contributed by atoms with Gasteiger partial charge in [0, 0.05) is 10.4 Å². The van der Waals surface area contributed by atoms with Crippen LogP contribution in [0.5, 0.6) is 0 Å². The van der Waals surface area contributed by atoms with E-state index in [0.717, 1.165) is 11.1 Å². The van der Waals surface area contributed by atoms with Gasteiger partial charge in [-0.25, -0.2) is 4.68 Å². The minimum absolute atomic E-state index is 0.127. The van der Waals surface area contributed by atoms with E-state index in [2.05, 4.69) is 5.10 Å². The van der Waals surface area contributed by atoms with Crippen molar-refractivity contribution in [2.75, 3.05) is 6.61 Å². The Morgan fingerprint density at radius 2 is 2.18 bits per heavy atom. The number of rotatable bonds is 2. The van der Waals surface area contributed by atoms with E-state index in [9.17, 15) is 4.79 Å². The first-order chi connectivity index (χ1) is 8.04. The van der Waals surface area contributed by atoms with Crippen LogP contribution in [0.3, 0.4) is 0 Å². The lowest BCUT2D eigenvalue weighted by atomic mass is 10.1. The molecule has 1 N–H and O–H groups in total. The van der Waals surface area contributed by atoms with Crippen molar-refractivity contribution in [2.24, 2.45) is 0 Å². The molecule has 5 heteroatoms. The Balaban J connectivity index is 2.83. The number of aliphatic hydroxyl groups excluding tert-OH is 1. The summed E-state index contributed by atoms with van der Waals surface area (Å²) in [5.74, 6) is 0. The summed E-state index contributed by atoms with van der Waals surface area (Å²) in [5.41, 5.74) is 0.520. The van der Waals surface area contributed by atoms with Gasteiger partial charge in [0.2, 0.25) is 0 Å². The summed E-state index contributed by atoms with van der Waals surface area (Å²) in [5, 5.41) is 15.1. The number of hydrogen-bond donors (Lipinski definition) is 1. The van der Waals surface area contributed by atoms with Crippen LogP contribution in [0.15, 0.2) is 23.0 Å². The number of hydrogen-bond acceptors (Lipinski definition) is 3. The molecule has 1 aromatic heterocycles. The third kappa shape index (κ3) is 2.06. The molecule has 0 saturated heterocycles. The van der Waals surface area contributed by atoms with Crippen molar-refractivity contribution >= 4 is 22.4 Å². The highest BCUT2D eigenvalue weighted by Gasteiger charge is 2.12. The second-order valence-electron chi connectivity index (χ2n) is 4.06. The molecule has 2 aromatic rings. The van der Waals surface area contributed by atoms with Crippen LogP contribution in [0.1, 0.15) is 18.7 Å². The molecule has 0 aliphatic heterocycles. The molecule has 1 atom stereocenters. The summed E-state index contributed by atoms with van der Waals surface area (Å²) < 4.78 is 1.30. The first-order valence-corrected chi connectivity index (χ1v) is 5.72. The van der Waals surface area contributed by atoms with Gasteiger partial charge in [-0.2, -0.15) is 5.10 Å². The highest BCUT2D eigenvalue weighted by atomic mass is 35.5. The van der Waals surface area contributed by atoms with E-state index in [4.69, 9.17) is 16.7 Å². The van der Waals surface area contributed by atoms with Gasteiger partial charge in [0.1, 0.15) is 0 Å². The van der Waals surface area contributed by atoms with Gasteiger partial charge in [-0.1, -0.05) is 17.7 Å². The first-order valence-electron chi connectivity index (χ1n) is 5.34. The lowest BCUT2D eigenvalue weighted by Crippen LogP contribution is -2.28. The number of aryl methyl sites for hydroxylation is 1. The molecule has 1 aromatic carbocycles. The van der Waals surface area contributed by atoms with Crippen LogP contribution >= 0.6 is 11.6 Å². The molecular formula is C12H13ClN2O2. The normalized spacial score (nSPS) is 12.9. The molecule has 0 saturated carbocycles. The molecule has 2 rings (SSSR count). The Morgan fingerprint density at radius 3 is 2.82 bits per heavy atom. The Bertz CT molecular complexity index is 622. The lowest BCUT2D eigenvalue weighted by Gasteiger charge is -2.13. The van der Waals surface area contributed by atoms with E-state index in [1.165, 1.54) is 4.68 Å². The molecule has 4 nitrogen and oxygen atoms in total. The van der Waals surface area contributed by atoms with E-state index in [0.29, 0.717) is 10.4 Å². The summed E-state index contributed by atoms with van der Waals surface area (Å²) in [6, 6.07) is 4.81. The van der Waals surface area contributed by atoms with Gasteiger partial charge in [-0.15, -0.1) is 0 Å². The van der Waals surface area contributed by atoms with Crippen molar-refractivity contribution in [2.45, 2.75) is 19.9 Å². The Kier molecular flexibility index (Phi) is 3.17. The number of nitrogens with zero attached hydrogens (tertiary/aromatic N) is 2. The molecule has 0 aliphatic rings. The minimum Gasteiger partial charge on any atom is -0.394 e. The molecule has 17 heavy (non-hydrogen) atoms. The van der Waals surface area contributed by atoms with Crippen LogP contribution < -0.4 is 5.56 Å². The summed E-state index contributed by atoms with van der Waals surface area (Å²) in [4.78, 5) is 12.2. The third-order valence-electron chi connectivity index (χ3n) is 2.75. The fraction of sp³-hybridized carbons (Fsp3) is 0.333. The minimum atomic E-state index is -0.343. The summed E-state index contributed by atoms with van der Waals surface area (Å²) in [6.07, 6.45) is 0. The van der Waals surface area contributed by atoms with E-state index in [1.807, 2.05) is 6.92 Å². The van der Waals surface area contributed by atoms with E-state index >= 15 is 0 Å². The second-order valence-corrected chi connectivity index (χ2v) is 4.49. The smallest absolute Gasteiger partial charge is 0.275 e. The Morgan fingerprint density at radius 1 is 1.47 bits per heavy atom. The Hall–Kier alpha value is -1.39.